The van der Waals surface area contributed by atoms with E-state index in [0.717, 1.165) is 66.7 Å². The van der Waals surface area contributed by atoms with Gasteiger partial charge in [0.15, 0.2) is 5.11 Å². The van der Waals surface area contributed by atoms with Crippen molar-refractivity contribution in [2.45, 2.75) is 63.6 Å². The Morgan fingerprint density at radius 2 is 1.69 bits per heavy atom. The SMILES string of the molecule is Fc1ccc(Cn2c(NC3CCN(CCNC(=S)NC4CCCCC4)CC3)nc3ccccc32)cc1. The molecule has 0 radical (unpaired) electrons. The fourth-order valence-corrected chi connectivity index (χ4v) is 5.68. The molecule has 1 saturated carbocycles. The maximum absolute atomic E-state index is 13.4. The fourth-order valence-electron chi connectivity index (χ4n) is 5.41. The Bertz CT molecular complexity index is 1130. The first kappa shape index (κ1) is 25.0. The van der Waals surface area contributed by atoms with E-state index in [2.05, 4.69) is 31.5 Å². The average Bonchev–Trinajstić information content (AvgIpc) is 3.23. The van der Waals surface area contributed by atoms with E-state index < -0.39 is 0 Å². The lowest BCUT2D eigenvalue weighted by atomic mass is 9.96. The molecule has 3 aromatic rings. The Morgan fingerprint density at radius 3 is 2.47 bits per heavy atom. The van der Waals surface area contributed by atoms with Crippen molar-refractivity contribution in [1.82, 2.24) is 25.1 Å². The zero-order chi connectivity index (χ0) is 24.7. The molecule has 1 saturated heterocycles. The monoisotopic (exact) mass is 508 g/mol. The predicted octanol–water partition coefficient (Wildman–Crippen LogP) is 4.90. The molecule has 1 aliphatic heterocycles. The minimum atomic E-state index is -0.211. The van der Waals surface area contributed by atoms with Crippen LogP contribution in [-0.2, 0) is 6.54 Å². The molecule has 192 valence electrons. The van der Waals surface area contributed by atoms with Crippen LogP contribution in [0.1, 0.15) is 50.5 Å². The van der Waals surface area contributed by atoms with Crippen LogP contribution in [-0.4, -0.2) is 57.8 Å². The molecule has 2 aliphatic rings. The van der Waals surface area contributed by atoms with Crippen molar-refractivity contribution in [3.8, 4) is 0 Å². The van der Waals surface area contributed by atoms with Gasteiger partial charge >= 0.3 is 0 Å². The Labute approximate surface area is 218 Å². The maximum atomic E-state index is 13.4. The minimum Gasteiger partial charge on any atom is -0.361 e. The molecule has 3 N–H and O–H groups in total. The number of hydrogen-bond acceptors (Lipinski definition) is 4. The molecule has 0 unspecified atom stereocenters. The van der Waals surface area contributed by atoms with Gasteiger partial charge < -0.3 is 25.4 Å². The zero-order valence-electron chi connectivity index (χ0n) is 20.9. The van der Waals surface area contributed by atoms with Gasteiger partial charge in [0.1, 0.15) is 5.82 Å². The smallest absolute Gasteiger partial charge is 0.204 e. The molecule has 5 rings (SSSR count). The van der Waals surface area contributed by atoms with Crippen molar-refractivity contribution < 1.29 is 4.39 Å². The van der Waals surface area contributed by atoms with Gasteiger partial charge in [-0.15, -0.1) is 0 Å². The topological polar surface area (TPSA) is 57.2 Å². The Kier molecular flexibility index (Phi) is 8.33. The van der Waals surface area contributed by atoms with Crippen molar-refractivity contribution in [2.24, 2.45) is 0 Å². The molecule has 0 amide bonds. The molecule has 0 bridgehead atoms. The van der Waals surface area contributed by atoms with E-state index in [-0.39, 0.29) is 5.82 Å². The highest BCUT2D eigenvalue weighted by atomic mass is 32.1. The number of piperidine rings is 1. The number of benzene rings is 2. The standard InChI is InChI=1S/C28H37FN6S/c29-22-12-10-21(11-13-22)20-35-26-9-5-4-8-25(26)33-27(35)31-24-14-17-34(18-15-24)19-16-30-28(36)32-23-6-2-1-3-7-23/h4-5,8-13,23-24H,1-3,6-7,14-20H2,(H,31,33)(H2,30,32,36). The number of anilines is 1. The van der Waals surface area contributed by atoms with Crippen LogP contribution >= 0.6 is 12.2 Å². The number of thiocarbonyl (C=S) groups is 1. The van der Waals surface area contributed by atoms with Crippen LogP contribution in [0.4, 0.5) is 10.3 Å². The van der Waals surface area contributed by atoms with Crippen molar-refractivity contribution in [3.05, 3.63) is 59.9 Å². The Hall–Kier alpha value is -2.71. The summed E-state index contributed by atoms with van der Waals surface area (Å²) in [6, 6.07) is 15.9. The van der Waals surface area contributed by atoms with Crippen molar-refractivity contribution in [1.29, 1.82) is 0 Å². The summed E-state index contributed by atoms with van der Waals surface area (Å²) in [4.78, 5) is 7.40. The summed E-state index contributed by atoms with van der Waals surface area (Å²) in [5, 5.41) is 11.4. The van der Waals surface area contributed by atoms with Crippen LogP contribution in [0.5, 0.6) is 0 Å². The predicted molar refractivity (Wildman–Crippen MR) is 149 cm³/mol. The van der Waals surface area contributed by atoms with Crippen LogP contribution in [0.2, 0.25) is 0 Å². The van der Waals surface area contributed by atoms with Crippen LogP contribution in [0.15, 0.2) is 48.5 Å². The van der Waals surface area contributed by atoms with Crippen molar-refractivity contribution in [2.75, 3.05) is 31.5 Å². The Morgan fingerprint density at radius 1 is 0.944 bits per heavy atom. The quantitative estimate of drug-likeness (QED) is 0.377. The highest BCUT2D eigenvalue weighted by Crippen LogP contribution is 2.24. The first-order chi connectivity index (χ1) is 17.6. The van der Waals surface area contributed by atoms with Gasteiger partial charge in [-0.25, -0.2) is 9.37 Å². The summed E-state index contributed by atoms with van der Waals surface area (Å²) in [6.45, 7) is 4.65. The van der Waals surface area contributed by atoms with E-state index in [1.807, 2.05) is 30.3 Å². The third kappa shape index (κ3) is 6.53. The molecule has 6 nitrogen and oxygen atoms in total. The molecule has 1 aromatic heterocycles. The average molecular weight is 509 g/mol. The molecular formula is C28H37FN6S. The number of para-hydroxylation sites is 2. The van der Waals surface area contributed by atoms with Gasteiger partial charge in [0.2, 0.25) is 5.95 Å². The normalized spacial score (nSPS) is 17.8. The van der Waals surface area contributed by atoms with E-state index in [1.165, 1.54) is 44.2 Å². The first-order valence-electron chi connectivity index (χ1n) is 13.4. The van der Waals surface area contributed by atoms with E-state index in [4.69, 9.17) is 17.2 Å². The molecule has 8 heteroatoms. The molecular weight excluding hydrogens is 471 g/mol. The molecule has 36 heavy (non-hydrogen) atoms. The molecule has 2 fully saturated rings. The van der Waals surface area contributed by atoms with Gasteiger partial charge in [0, 0.05) is 38.3 Å². The lowest BCUT2D eigenvalue weighted by Crippen LogP contribution is -2.46. The number of nitrogens with one attached hydrogen (secondary N) is 3. The van der Waals surface area contributed by atoms with Crippen LogP contribution in [0.3, 0.4) is 0 Å². The van der Waals surface area contributed by atoms with E-state index in [0.29, 0.717) is 18.6 Å². The second-order valence-electron chi connectivity index (χ2n) is 10.1. The number of hydrogen-bond donors (Lipinski definition) is 3. The van der Waals surface area contributed by atoms with E-state index in [9.17, 15) is 4.39 Å². The summed E-state index contributed by atoms with van der Waals surface area (Å²) in [5.74, 6) is 0.677. The molecule has 2 heterocycles. The van der Waals surface area contributed by atoms with Crippen molar-refractivity contribution >= 4 is 34.3 Å². The van der Waals surface area contributed by atoms with Gasteiger partial charge in [-0.1, -0.05) is 43.5 Å². The molecule has 1 aliphatic carbocycles. The van der Waals surface area contributed by atoms with Crippen molar-refractivity contribution in [3.63, 3.8) is 0 Å². The van der Waals surface area contributed by atoms with E-state index >= 15 is 0 Å². The lowest BCUT2D eigenvalue weighted by Gasteiger charge is -2.33. The second-order valence-corrected chi connectivity index (χ2v) is 10.5. The number of nitrogens with zero attached hydrogens (tertiary/aromatic N) is 3. The third-order valence-corrected chi connectivity index (χ3v) is 7.75. The van der Waals surface area contributed by atoms with Gasteiger partial charge in [0.25, 0.3) is 0 Å². The van der Waals surface area contributed by atoms with Crippen LogP contribution in [0.25, 0.3) is 11.0 Å². The largest absolute Gasteiger partial charge is 0.361 e. The summed E-state index contributed by atoms with van der Waals surface area (Å²) >= 11 is 5.51. The third-order valence-electron chi connectivity index (χ3n) is 7.48. The van der Waals surface area contributed by atoms with Gasteiger partial charge in [-0.2, -0.15) is 0 Å². The maximum Gasteiger partial charge on any atom is 0.204 e. The van der Waals surface area contributed by atoms with E-state index in [1.54, 1.807) is 0 Å². The highest BCUT2D eigenvalue weighted by Gasteiger charge is 2.21. The molecule has 0 spiro atoms. The molecule has 0 atom stereocenters. The zero-order valence-corrected chi connectivity index (χ0v) is 21.7. The number of fused-ring (bicyclic) bond motifs is 1. The first-order valence-corrected chi connectivity index (χ1v) is 13.8. The van der Waals surface area contributed by atoms with Gasteiger partial charge in [0.05, 0.1) is 17.6 Å². The number of imidazole rings is 1. The van der Waals surface area contributed by atoms with Gasteiger partial charge in [-0.3, -0.25) is 0 Å². The number of aromatic nitrogens is 2. The Balaban J connectivity index is 1.11. The van der Waals surface area contributed by atoms with Crippen LogP contribution in [0, 0.1) is 5.82 Å². The number of halogens is 1. The fraction of sp³-hybridized carbons (Fsp3) is 0.500. The highest BCUT2D eigenvalue weighted by molar-refractivity contribution is 7.80. The summed E-state index contributed by atoms with van der Waals surface area (Å²) < 4.78 is 15.6. The number of rotatable bonds is 8. The second kappa shape index (κ2) is 12.0. The number of likely N-dealkylation sites (tertiary alicyclic amines) is 1. The minimum absolute atomic E-state index is 0.211. The molecule has 2 aromatic carbocycles. The summed E-state index contributed by atoms with van der Waals surface area (Å²) in [5.41, 5.74) is 3.12. The lowest BCUT2D eigenvalue weighted by molar-refractivity contribution is 0.222. The summed E-state index contributed by atoms with van der Waals surface area (Å²) in [6.07, 6.45) is 8.60. The van der Waals surface area contributed by atoms with Crippen LogP contribution < -0.4 is 16.0 Å². The van der Waals surface area contributed by atoms with Gasteiger partial charge in [-0.05, 0) is 67.7 Å². The summed E-state index contributed by atoms with van der Waals surface area (Å²) in [7, 11) is 0.